The van der Waals surface area contributed by atoms with E-state index in [0.29, 0.717) is 22.3 Å². The average Bonchev–Trinajstić information content (AvgIpc) is 2.22. The van der Waals surface area contributed by atoms with Crippen LogP contribution in [0.4, 0.5) is 0 Å². The van der Waals surface area contributed by atoms with Gasteiger partial charge in [-0.25, -0.2) is 0 Å². The molecule has 1 unspecified atom stereocenters. The molecule has 1 atom stereocenters. The third-order valence-electron chi connectivity index (χ3n) is 2.39. The van der Waals surface area contributed by atoms with Crippen LogP contribution in [0, 0.1) is 6.92 Å². The summed E-state index contributed by atoms with van der Waals surface area (Å²) in [6.45, 7) is 5.52. The Balaban J connectivity index is 0. The molecule has 1 nitrogen and oxygen atoms in total. The van der Waals surface area contributed by atoms with E-state index in [1.165, 1.54) is 0 Å². The molecule has 0 N–H and O–H groups in total. The minimum Gasteiger partial charge on any atom is -1.00 e. The molecule has 0 spiro atoms. The van der Waals surface area contributed by atoms with Crippen molar-refractivity contribution in [2.75, 3.05) is 5.33 Å². The second-order valence-corrected chi connectivity index (χ2v) is 4.55. The van der Waals surface area contributed by atoms with Crippen LogP contribution in [0.25, 0.3) is 0 Å². The van der Waals surface area contributed by atoms with Crippen molar-refractivity contribution in [3.63, 3.8) is 0 Å². The Morgan fingerprint density at radius 1 is 1.53 bits per heavy atom. The van der Waals surface area contributed by atoms with Crippen molar-refractivity contribution in [2.24, 2.45) is 0 Å². The molecule has 0 fully saturated rings. The van der Waals surface area contributed by atoms with Gasteiger partial charge in [0.15, 0.2) is 0 Å². The first-order valence-electron chi connectivity index (χ1n) is 4.67. The minimum atomic E-state index is -1.17. The van der Waals surface area contributed by atoms with Crippen molar-refractivity contribution in [2.45, 2.75) is 18.9 Å². The molecule has 0 saturated heterocycles. The van der Waals surface area contributed by atoms with Gasteiger partial charge < -0.3 is 22.1 Å². The van der Waals surface area contributed by atoms with Crippen LogP contribution in [-0.2, 0) is 5.60 Å². The monoisotopic (exact) mass is 390 g/mol. The first-order valence-corrected chi connectivity index (χ1v) is 6.17. The molecule has 0 heterocycles. The summed E-state index contributed by atoms with van der Waals surface area (Å²) in [4.78, 5) is 0. The molecule has 0 bridgehead atoms. The van der Waals surface area contributed by atoms with Crippen LogP contribution >= 0.6 is 27.5 Å². The van der Waals surface area contributed by atoms with E-state index in [-0.39, 0.29) is 40.0 Å². The summed E-state index contributed by atoms with van der Waals surface area (Å²) in [7, 11) is 0. The maximum Gasteiger partial charge on any atom is 2.00 e. The van der Waals surface area contributed by atoms with Gasteiger partial charge in [0.25, 0.3) is 0 Å². The largest absolute Gasteiger partial charge is 2.00 e. The third-order valence-corrected chi connectivity index (χ3v) is 3.70. The summed E-state index contributed by atoms with van der Waals surface area (Å²) in [6.07, 6.45) is 2.03. The fourth-order valence-corrected chi connectivity index (χ4v) is 2.09. The molecular weight excluding hydrogens is 380 g/mol. The zero-order chi connectivity index (χ0) is 11.5. The number of benzene rings is 1. The second-order valence-electron chi connectivity index (χ2n) is 3.58. The first kappa shape index (κ1) is 20.3. The number of aryl methyl sites for hydroxylation is 1. The number of hydrogen-bond donors (Lipinski definition) is 0. The Bertz CT molecular complexity index is 374. The van der Waals surface area contributed by atoms with Crippen molar-refractivity contribution in [3.05, 3.63) is 47.0 Å². The molecule has 1 rings (SSSR count). The molecule has 0 amide bonds. The number of halogens is 3. The van der Waals surface area contributed by atoms with Crippen LogP contribution in [-0.4, -0.2) is 28.4 Å². The van der Waals surface area contributed by atoms with Crippen LogP contribution in [0.15, 0.2) is 30.9 Å². The summed E-state index contributed by atoms with van der Waals surface area (Å²) in [6, 6.07) is 5.45. The number of hydrogen-bond acceptors (Lipinski definition) is 1. The minimum absolute atomic E-state index is 0. The second kappa shape index (κ2) is 8.94. The van der Waals surface area contributed by atoms with Crippen molar-refractivity contribution in [3.8, 4) is 0 Å². The maximum atomic E-state index is 12.4. The molecule has 0 aliphatic carbocycles. The predicted molar refractivity (Wildman–Crippen MR) is 72.2 cm³/mol. The van der Waals surface area contributed by atoms with Crippen molar-refractivity contribution in [1.29, 1.82) is 0 Å². The van der Waals surface area contributed by atoms with E-state index >= 15 is 0 Å². The van der Waals surface area contributed by atoms with Gasteiger partial charge in [-0.2, -0.15) is 0 Å². The van der Waals surface area contributed by atoms with Gasteiger partial charge in [0.05, 0.1) is 0 Å². The van der Waals surface area contributed by atoms with Crippen molar-refractivity contribution < 1.29 is 22.1 Å². The molecule has 0 saturated carbocycles. The maximum absolute atomic E-state index is 12.4. The van der Waals surface area contributed by atoms with Crippen molar-refractivity contribution in [1.82, 2.24) is 0 Å². The van der Waals surface area contributed by atoms with Crippen LogP contribution in [0.2, 0.25) is 5.02 Å². The molecule has 1 aromatic rings. The van der Waals surface area contributed by atoms with E-state index in [0.717, 1.165) is 5.56 Å². The van der Waals surface area contributed by atoms with Gasteiger partial charge in [0, 0.05) is 5.02 Å². The average molecular weight is 393 g/mol. The van der Waals surface area contributed by atoms with Crippen LogP contribution in [0.1, 0.15) is 17.5 Å². The van der Waals surface area contributed by atoms with E-state index < -0.39 is 5.60 Å². The number of rotatable bonds is 4. The molecule has 0 radical (unpaired) electrons. The van der Waals surface area contributed by atoms with Gasteiger partial charge in [-0.3, -0.25) is 0 Å². The topological polar surface area (TPSA) is 23.1 Å². The molecule has 0 aromatic heterocycles. The Morgan fingerprint density at radius 3 is 2.53 bits per heavy atom. The standard InChI is InChI=1S/C12H13BrClO.BrH.Mg/c1-3-6-12(15,8-13)10-5-4-9(2)11(14)7-10;;/h3-5,7H,1,6,8H2,2H3;1H;/q-1;;+2/p-1. The third kappa shape index (κ3) is 5.21. The van der Waals surface area contributed by atoms with Gasteiger partial charge in [0.1, 0.15) is 0 Å². The fraction of sp³-hybridized carbons (Fsp3) is 0.333. The predicted octanol–water partition coefficient (Wildman–Crippen LogP) is -0.202. The summed E-state index contributed by atoms with van der Waals surface area (Å²) in [5.41, 5.74) is 0.518. The van der Waals surface area contributed by atoms with Gasteiger partial charge in [0.2, 0.25) is 0 Å². The molecule has 17 heavy (non-hydrogen) atoms. The Morgan fingerprint density at radius 2 is 2.12 bits per heavy atom. The van der Waals surface area contributed by atoms with Crippen molar-refractivity contribution >= 4 is 50.6 Å². The Labute approximate surface area is 143 Å². The van der Waals surface area contributed by atoms with Gasteiger partial charge in [-0.1, -0.05) is 56.9 Å². The zero-order valence-corrected chi connectivity index (χ0v) is 15.0. The quantitative estimate of drug-likeness (QED) is 0.395. The summed E-state index contributed by atoms with van der Waals surface area (Å²) < 4.78 is 0. The molecular formula is C12H13Br2ClMgO. The first-order chi connectivity index (χ1) is 7.03. The Hall–Kier alpha value is 0.936. The zero-order valence-electron chi connectivity index (χ0n) is 9.68. The molecule has 5 heteroatoms. The normalized spacial score (nSPS) is 12.9. The van der Waals surface area contributed by atoms with E-state index in [1.54, 1.807) is 12.1 Å². The number of alkyl halides is 1. The van der Waals surface area contributed by atoms with Gasteiger partial charge in [-0.05, 0) is 30.3 Å². The van der Waals surface area contributed by atoms with Crippen LogP contribution in [0.3, 0.4) is 0 Å². The summed E-state index contributed by atoms with van der Waals surface area (Å²) in [5, 5.41) is 13.3. The van der Waals surface area contributed by atoms with Gasteiger partial charge in [-0.15, -0.1) is 6.58 Å². The smallest absolute Gasteiger partial charge is 1.00 e. The molecule has 0 aliphatic heterocycles. The van der Waals surface area contributed by atoms with E-state index in [2.05, 4.69) is 22.5 Å². The fourth-order valence-electron chi connectivity index (χ4n) is 1.36. The SMILES string of the molecule is C=CCC([O-])(CBr)c1ccc(C)c(Cl)c1.[Br-].[Mg+2]. The van der Waals surface area contributed by atoms with Gasteiger partial charge >= 0.3 is 23.1 Å². The summed E-state index contributed by atoms with van der Waals surface area (Å²) >= 11 is 9.25. The molecule has 0 aliphatic rings. The van der Waals surface area contributed by atoms with Crippen LogP contribution < -0.4 is 22.1 Å². The van der Waals surface area contributed by atoms with E-state index in [4.69, 9.17) is 11.6 Å². The van der Waals surface area contributed by atoms with E-state index in [1.807, 2.05) is 19.1 Å². The molecule has 90 valence electrons. The van der Waals surface area contributed by atoms with Crippen LogP contribution in [0.5, 0.6) is 0 Å². The van der Waals surface area contributed by atoms with E-state index in [9.17, 15) is 5.11 Å². The Kier molecular flexibility index (Phi) is 10.7. The summed E-state index contributed by atoms with van der Waals surface area (Å²) in [5.74, 6) is 0. The molecule has 1 aromatic carbocycles.